The number of hydrogen-bond donors (Lipinski definition) is 0. The van der Waals surface area contributed by atoms with E-state index in [9.17, 15) is 0 Å². The Morgan fingerprint density at radius 3 is 1.64 bits per heavy atom. The molecule has 0 saturated carbocycles. The van der Waals surface area contributed by atoms with Gasteiger partial charge in [-0.25, -0.2) is 0 Å². The second-order valence-corrected chi connectivity index (χ2v) is 14.8. The summed E-state index contributed by atoms with van der Waals surface area (Å²) in [5, 5.41) is 5.21. The van der Waals surface area contributed by atoms with E-state index in [0.717, 1.165) is 22.7 Å². The molecule has 1 heterocycles. The normalized spacial score (nSPS) is 13.2. The average Bonchev–Trinajstić information content (AvgIpc) is 3.75. The minimum absolute atomic E-state index is 0.488. The molecule has 12 rings (SSSR count). The largest absolute Gasteiger partial charge is 0.310 e. The van der Waals surface area contributed by atoms with Crippen molar-refractivity contribution in [3.05, 3.63) is 229 Å². The number of rotatable bonds is 5. The summed E-state index contributed by atoms with van der Waals surface area (Å²) in [6.45, 7) is 0. The molecule has 0 fully saturated rings. The highest BCUT2D eigenvalue weighted by Crippen LogP contribution is 2.63. The molecule has 0 aliphatic heterocycles. The van der Waals surface area contributed by atoms with Gasteiger partial charge in [-0.1, -0.05) is 158 Å². The smallest absolute Gasteiger partial charge is 0.0726 e. The molecule has 0 saturated heterocycles. The Hall–Kier alpha value is -7.16. The zero-order chi connectivity index (χ0) is 36.1. The summed E-state index contributed by atoms with van der Waals surface area (Å²) in [6.07, 6.45) is 0. The first-order valence-electron chi connectivity index (χ1n) is 19.1. The van der Waals surface area contributed by atoms with Crippen LogP contribution in [0, 0.1) is 0 Å². The van der Waals surface area contributed by atoms with Crippen LogP contribution in [-0.2, 0) is 5.41 Å². The molecule has 256 valence electrons. The van der Waals surface area contributed by atoms with Crippen molar-refractivity contribution < 1.29 is 0 Å². The van der Waals surface area contributed by atoms with Gasteiger partial charge in [0.05, 0.1) is 22.1 Å². The van der Waals surface area contributed by atoms with Crippen molar-refractivity contribution in [1.29, 1.82) is 0 Å². The molecule has 1 aromatic heterocycles. The minimum atomic E-state index is -0.488. The summed E-state index contributed by atoms with van der Waals surface area (Å²) in [6, 6.07) is 76.2. The maximum Gasteiger partial charge on any atom is 0.0726 e. The summed E-state index contributed by atoms with van der Waals surface area (Å²) < 4.78 is 2.50. The topological polar surface area (TPSA) is 8.17 Å². The minimum Gasteiger partial charge on any atom is -0.310 e. The zero-order valence-electron chi connectivity index (χ0n) is 30.0. The van der Waals surface area contributed by atoms with Crippen molar-refractivity contribution in [3.8, 4) is 27.9 Å². The van der Waals surface area contributed by atoms with Crippen LogP contribution in [0.1, 0.15) is 22.3 Å². The van der Waals surface area contributed by atoms with E-state index in [0.29, 0.717) is 0 Å². The van der Waals surface area contributed by atoms with E-state index in [-0.39, 0.29) is 0 Å². The molecular formula is C53H34N2. The Kier molecular flexibility index (Phi) is 6.29. The molecule has 2 aliphatic rings. The molecule has 10 aromatic rings. The van der Waals surface area contributed by atoms with Crippen LogP contribution in [0.5, 0.6) is 0 Å². The highest BCUT2D eigenvalue weighted by atomic mass is 15.1. The lowest BCUT2D eigenvalue weighted by Gasteiger charge is -2.38. The molecule has 0 atom stereocenters. The lowest BCUT2D eigenvalue weighted by molar-refractivity contribution is 0.783. The van der Waals surface area contributed by atoms with Crippen LogP contribution >= 0.6 is 0 Å². The molecule has 0 unspecified atom stereocenters. The summed E-state index contributed by atoms with van der Waals surface area (Å²) in [7, 11) is 0. The quantitative estimate of drug-likeness (QED) is 0.174. The van der Waals surface area contributed by atoms with Gasteiger partial charge in [0.1, 0.15) is 0 Å². The monoisotopic (exact) mass is 698 g/mol. The molecule has 0 bridgehead atoms. The van der Waals surface area contributed by atoms with Crippen molar-refractivity contribution in [1.82, 2.24) is 4.57 Å². The lowest BCUT2D eigenvalue weighted by Crippen LogP contribution is -2.30. The highest BCUT2D eigenvalue weighted by molar-refractivity contribution is 6.29. The van der Waals surface area contributed by atoms with Gasteiger partial charge in [0.25, 0.3) is 0 Å². The molecule has 9 aromatic carbocycles. The van der Waals surface area contributed by atoms with Gasteiger partial charge in [0.2, 0.25) is 0 Å². The number of anilines is 3. The lowest BCUT2D eigenvalue weighted by atomic mass is 9.63. The maximum atomic E-state index is 2.50. The summed E-state index contributed by atoms with van der Waals surface area (Å²) in [5.74, 6) is 0. The second kappa shape index (κ2) is 11.4. The van der Waals surface area contributed by atoms with Gasteiger partial charge in [-0.05, 0) is 98.4 Å². The zero-order valence-corrected chi connectivity index (χ0v) is 30.0. The first-order chi connectivity index (χ1) is 27.3. The molecule has 0 amide bonds. The number of para-hydroxylation sites is 2. The van der Waals surface area contributed by atoms with Crippen molar-refractivity contribution in [3.63, 3.8) is 0 Å². The van der Waals surface area contributed by atoms with Crippen molar-refractivity contribution in [2.45, 2.75) is 5.41 Å². The fraction of sp³-hybridized carbons (Fsp3) is 0.0189. The highest BCUT2D eigenvalue weighted by Gasteiger charge is 2.50. The van der Waals surface area contributed by atoms with E-state index in [1.54, 1.807) is 0 Å². The van der Waals surface area contributed by atoms with Crippen LogP contribution in [0.3, 0.4) is 0 Å². The van der Waals surface area contributed by atoms with Crippen LogP contribution in [0.25, 0.3) is 60.5 Å². The Bertz CT molecular complexity index is 3090. The number of hydrogen-bond acceptors (Lipinski definition) is 1. The van der Waals surface area contributed by atoms with Crippen LogP contribution in [0.4, 0.5) is 17.1 Å². The van der Waals surface area contributed by atoms with E-state index in [1.807, 2.05) is 0 Å². The van der Waals surface area contributed by atoms with Crippen LogP contribution in [0.2, 0.25) is 0 Å². The fourth-order valence-corrected chi connectivity index (χ4v) is 10.1. The van der Waals surface area contributed by atoms with Crippen molar-refractivity contribution in [2.75, 3.05) is 4.90 Å². The van der Waals surface area contributed by atoms with Crippen LogP contribution < -0.4 is 4.90 Å². The third-order valence-corrected chi connectivity index (χ3v) is 12.1. The van der Waals surface area contributed by atoms with E-state index in [2.05, 4.69) is 216 Å². The first kappa shape index (κ1) is 30.3. The Labute approximate surface area is 319 Å². The van der Waals surface area contributed by atoms with Crippen molar-refractivity contribution in [2.24, 2.45) is 0 Å². The molecule has 0 N–H and O–H groups in total. The summed E-state index contributed by atoms with van der Waals surface area (Å²) in [4.78, 5) is 2.47. The molecular weight excluding hydrogens is 665 g/mol. The number of nitrogens with zero attached hydrogens (tertiary/aromatic N) is 2. The molecule has 55 heavy (non-hydrogen) atoms. The third-order valence-electron chi connectivity index (χ3n) is 12.1. The Morgan fingerprint density at radius 2 is 0.909 bits per heavy atom. The standard InChI is InChI=1S/C53H34N2/c1-4-17-35(18-5-1)36-19-14-24-39(33-36)54(37-20-6-2-7-21-37)48-34-49-52-50-42(48)27-15-30-45(50)53(43-28-12-10-25-40(43)41-26-11-13-29-44(41)53)46-31-16-32-47(51(46)52)55(49)38-22-8-3-9-23-38/h1-34H. The SMILES string of the molecule is c1ccc(-c2cccc(N(c3ccccc3)c3cc4c5c6c(cccc36)C3(c6ccccc6-c6ccccc63)c3cccc(c35)n4-c3ccccc3)c2)cc1. The molecule has 2 heteroatoms. The average molecular weight is 699 g/mol. The first-order valence-corrected chi connectivity index (χ1v) is 19.1. The van der Waals surface area contributed by atoms with Gasteiger partial charge in [0, 0.05) is 33.2 Å². The fourth-order valence-electron chi connectivity index (χ4n) is 10.1. The number of aromatic nitrogens is 1. The molecule has 1 spiro atoms. The number of benzene rings is 9. The van der Waals surface area contributed by atoms with E-state index >= 15 is 0 Å². The van der Waals surface area contributed by atoms with Crippen LogP contribution in [-0.4, -0.2) is 4.57 Å². The van der Waals surface area contributed by atoms with E-state index in [1.165, 1.54) is 77.1 Å². The molecule has 2 aliphatic carbocycles. The predicted molar refractivity (Wildman–Crippen MR) is 229 cm³/mol. The van der Waals surface area contributed by atoms with Gasteiger partial charge in [-0.2, -0.15) is 0 Å². The number of fused-ring (bicyclic) bond motifs is 7. The van der Waals surface area contributed by atoms with Gasteiger partial charge < -0.3 is 9.47 Å². The Morgan fingerprint density at radius 1 is 0.364 bits per heavy atom. The summed E-state index contributed by atoms with van der Waals surface area (Å²) >= 11 is 0. The molecule has 0 radical (unpaired) electrons. The van der Waals surface area contributed by atoms with Gasteiger partial charge in [-0.3, -0.25) is 0 Å². The maximum absolute atomic E-state index is 2.50. The predicted octanol–water partition coefficient (Wildman–Crippen LogP) is 13.8. The third kappa shape index (κ3) is 4.03. The van der Waals surface area contributed by atoms with Crippen molar-refractivity contribution >= 4 is 49.6 Å². The van der Waals surface area contributed by atoms with Gasteiger partial charge >= 0.3 is 0 Å². The van der Waals surface area contributed by atoms with E-state index < -0.39 is 5.41 Å². The van der Waals surface area contributed by atoms with Crippen LogP contribution in [0.15, 0.2) is 206 Å². The Balaban J connectivity index is 1.28. The summed E-state index contributed by atoms with van der Waals surface area (Å²) in [5.41, 5.74) is 16.9. The second-order valence-electron chi connectivity index (χ2n) is 14.8. The van der Waals surface area contributed by atoms with Gasteiger partial charge in [-0.15, -0.1) is 0 Å². The van der Waals surface area contributed by atoms with E-state index in [4.69, 9.17) is 0 Å². The van der Waals surface area contributed by atoms with Gasteiger partial charge in [0.15, 0.2) is 0 Å². The molecule has 2 nitrogen and oxygen atoms in total.